The van der Waals surface area contributed by atoms with Gasteiger partial charge in [0.05, 0.1) is 12.1 Å². The molecule has 25 heavy (non-hydrogen) atoms. The summed E-state index contributed by atoms with van der Waals surface area (Å²) in [4.78, 5) is 10.1. The predicted octanol–water partition coefficient (Wildman–Crippen LogP) is 4.52. The van der Waals surface area contributed by atoms with Crippen LogP contribution in [0.15, 0.2) is 9.98 Å². The molecule has 138 valence electrons. The van der Waals surface area contributed by atoms with Crippen molar-refractivity contribution >= 4 is 11.8 Å². The molecule has 3 fully saturated rings. The highest BCUT2D eigenvalue weighted by atomic mass is 16.5. The number of hydrogen-bond donors (Lipinski definition) is 0. The Hall–Kier alpha value is -1.06. The molecule has 0 saturated heterocycles. The highest BCUT2D eigenvalue weighted by Crippen LogP contribution is 2.52. The third-order valence-electron chi connectivity index (χ3n) is 7.30. The zero-order valence-electron chi connectivity index (χ0n) is 15.4. The van der Waals surface area contributed by atoms with Crippen LogP contribution in [0.2, 0.25) is 0 Å². The van der Waals surface area contributed by atoms with Gasteiger partial charge in [-0.05, 0) is 50.4 Å². The van der Waals surface area contributed by atoms with Gasteiger partial charge in [-0.3, -0.25) is 0 Å². The standard InChI is InChI=1S/C21H32N2O2/c1-3-7-15(8-4-1)17-13-24-19(22-17)21(11-12-21)20-23-18(14-25-20)16-9-5-2-6-10-16/h15-18H,1-14H2/t17-,18-/m0/s1. The lowest BCUT2D eigenvalue weighted by Gasteiger charge is -2.24. The van der Waals surface area contributed by atoms with Crippen LogP contribution < -0.4 is 0 Å². The maximum absolute atomic E-state index is 6.13. The third kappa shape index (κ3) is 3.00. The van der Waals surface area contributed by atoms with Crippen LogP contribution in [0.5, 0.6) is 0 Å². The molecule has 0 N–H and O–H groups in total. The van der Waals surface area contributed by atoms with Crippen molar-refractivity contribution in [2.45, 2.75) is 89.1 Å². The minimum atomic E-state index is -0.0766. The minimum Gasteiger partial charge on any atom is -0.478 e. The van der Waals surface area contributed by atoms with E-state index in [2.05, 4.69) is 0 Å². The van der Waals surface area contributed by atoms with Gasteiger partial charge in [0.1, 0.15) is 18.6 Å². The fourth-order valence-electron chi connectivity index (χ4n) is 5.47. The molecule has 4 heteroatoms. The Morgan fingerprint density at radius 2 is 1.08 bits per heavy atom. The molecule has 3 aliphatic carbocycles. The van der Waals surface area contributed by atoms with Crippen molar-refractivity contribution in [3.8, 4) is 0 Å². The first kappa shape index (κ1) is 16.1. The van der Waals surface area contributed by atoms with Crippen LogP contribution >= 0.6 is 0 Å². The first-order valence-corrected chi connectivity index (χ1v) is 10.8. The second-order valence-corrected chi connectivity index (χ2v) is 9.00. The summed E-state index contributed by atoms with van der Waals surface area (Å²) >= 11 is 0. The van der Waals surface area contributed by atoms with Gasteiger partial charge in [0, 0.05) is 0 Å². The summed E-state index contributed by atoms with van der Waals surface area (Å²) in [6.07, 6.45) is 15.8. The molecule has 0 amide bonds. The van der Waals surface area contributed by atoms with E-state index in [0.29, 0.717) is 12.1 Å². The number of aliphatic imine (C=N–C) groups is 2. The molecule has 2 atom stereocenters. The molecule has 2 aliphatic heterocycles. The van der Waals surface area contributed by atoms with Crippen LogP contribution in [0.25, 0.3) is 0 Å². The summed E-state index contributed by atoms with van der Waals surface area (Å²) in [7, 11) is 0. The third-order valence-corrected chi connectivity index (χ3v) is 7.30. The maximum Gasteiger partial charge on any atom is 0.199 e. The molecular weight excluding hydrogens is 312 g/mol. The van der Waals surface area contributed by atoms with Crippen molar-refractivity contribution in [1.29, 1.82) is 0 Å². The monoisotopic (exact) mass is 344 g/mol. The summed E-state index contributed by atoms with van der Waals surface area (Å²) in [5, 5.41) is 0. The highest BCUT2D eigenvalue weighted by Gasteiger charge is 2.58. The van der Waals surface area contributed by atoms with Crippen molar-refractivity contribution in [2.24, 2.45) is 27.2 Å². The van der Waals surface area contributed by atoms with Gasteiger partial charge in [0.25, 0.3) is 0 Å². The number of hydrogen-bond acceptors (Lipinski definition) is 4. The average molecular weight is 344 g/mol. The largest absolute Gasteiger partial charge is 0.478 e. The number of nitrogens with zero attached hydrogens (tertiary/aromatic N) is 2. The van der Waals surface area contributed by atoms with E-state index in [1.165, 1.54) is 64.2 Å². The van der Waals surface area contributed by atoms with E-state index >= 15 is 0 Å². The van der Waals surface area contributed by atoms with Gasteiger partial charge in [-0.2, -0.15) is 0 Å². The molecule has 0 aromatic carbocycles. The minimum absolute atomic E-state index is 0.0766. The van der Waals surface area contributed by atoms with E-state index in [0.717, 1.165) is 49.7 Å². The van der Waals surface area contributed by atoms with Gasteiger partial charge in [0.15, 0.2) is 11.8 Å². The lowest BCUT2D eigenvalue weighted by molar-refractivity contribution is 0.226. The smallest absolute Gasteiger partial charge is 0.199 e. The van der Waals surface area contributed by atoms with E-state index in [1.807, 2.05) is 0 Å². The molecule has 0 aromatic heterocycles. The molecule has 0 aromatic rings. The zero-order chi connectivity index (χ0) is 16.7. The molecular formula is C21H32N2O2. The van der Waals surface area contributed by atoms with E-state index < -0.39 is 0 Å². The molecule has 0 unspecified atom stereocenters. The lowest BCUT2D eigenvalue weighted by atomic mass is 9.84. The Kier molecular flexibility index (Phi) is 4.25. The van der Waals surface area contributed by atoms with Crippen LogP contribution in [0, 0.1) is 17.3 Å². The highest BCUT2D eigenvalue weighted by molar-refractivity contribution is 6.09. The Morgan fingerprint density at radius 1 is 0.640 bits per heavy atom. The second-order valence-electron chi connectivity index (χ2n) is 9.00. The van der Waals surface area contributed by atoms with E-state index in [4.69, 9.17) is 19.5 Å². The summed E-state index contributed by atoms with van der Waals surface area (Å²) in [5.41, 5.74) is -0.0766. The van der Waals surface area contributed by atoms with Crippen LogP contribution in [0.4, 0.5) is 0 Å². The Morgan fingerprint density at radius 3 is 1.48 bits per heavy atom. The first-order chi connectivity index (χ1) is 12.4. The van der Waals surface area contributed by atoms with Crippen LogP contribution in [-0.4, -0.2) is 37.1 Å². The van der Waals surface area contributed by atoms with Crippen molar-refractivity contribution < 1.29 is 9.47 Å². The molecule has 0 radical (unpaired) electrons. The molecule has 0 bridgehead atoms. The van der Waals surface area contributed by atoms with E-state index in [-0.39, 0.29) is 5.41 Å². The summed E-state index contributed by atoms with van der Waals surface area (Å²) < 4.78 is 12.3. The van der Waals surface area contributed by atoms with Crippen LogP contribution in [-0.2, 0) is 9.47 Å². The summed E-state index contributed by atoms with van der Waals surface area (Å²) in [6, 6.07) is 0.785. The van der Waals surface area contributed by atoms with E-state index in [9.17, 15) is 0 Å². The normalized spacial score (nSPS) is 35.7. The molecule has 4 nitrogen and oxygen atoms in total. The summed E-state index contributed by atoms with van der Waals surface area (Å²) in [6.45, 7) is 1.59. The van der Waals surface area contributed by atoms with Gasteiger partial charge in [-0.25, -0.2) is 9.98 Å². The van der Waals surface area contributed by atoms with Crippen LogP contribution in [0.1, 0.15) is 77.0 Å². The molecule has 5 rings (SSSR count). The molecule has 3 saturated carbocycles. The maximum atomic E-state index is 6.13. The van der Waals surface area contributed by atoms with Crippen molar-refractivity contribution in [2.75, 3.05) is 13.2 Å². The Bertz CT molecular complexity index is 508. The van der Waals surface area contributed by atoms with Crippen molar-refractivity contribution in [3.05, 3.63) is 0 Å². The molecule has 5 aliphatic rings. The second kappa shape index (κ2) is 6.59. The average Bonchev–Trinajstić information content (AvgIpc) is 3.12. The molecule has 0 spiro atoms. The fraction of sp³-hybridized carbons (Fsp3) is 0.905. The quantitative estimate of drug-likeness (QED) is 0.752. The van der Waals surface area contributed by atoms with Crippen molar-refractivity contribution in [3.63, 3.8) is 0 Å². The zero-order valence-corrected chi connectivity index (χ0v) is 15.4. The molecule has 2 heterocycles. The SMILES string of the molecule is C1CCC([C@@H]2COC(C3(C4=N[C@H](C5CCCCC5)CO4)CC3)=N2)CC1. The fourth-order valence-corrected chi connectivity index (χ4v) is 5.47. The Labute approximate surface area is 151 Å². The topological polar surface area (TPSA) is 43.2 Å². The van der Waals surface area contributed by atoms with Gasteiger partial charge >= 0.3 is 0 Å². The summed E-state index contributed by atoms with van der Waals surface area (Å²) in [5.74, 6) is 3.41. The van der Waals surface area contributed by atoms with Gasteiger partial charge in [-0.15, -0.1) is 0 Å². The number of ether oxygens (including phenoxy) is 2. The van der Waals surface area contributed by atoms with E-state index in [1.54, 1.807) is 0 Å². The van der Waals surface area contributed by atoms with Gasteiger partial charge < -0.3 is 9.47 Å². The van der Waals surface area contributed by atoms with Crippen LogP contribution in [0.3, 0.4) is 0 Å². The Balaban J connectivity index is 1.29. The predicted molar refractivity (Wildman–Crippen MR) is 99.2 cm³/mol. The first-order valence-electron chi connectivity index (χ1n) is 10.8. The van der Waals surface area contributed by atoms with Gasteiger partial charge in [-0.1, -0.05) is 38.5 Å². The lowest BCUT2D eigenvalue weighted by Crippen LogP contribution is -2.26. The number of rotatable bonds is 4. The van der Waals surface area contributed by atoms with Gasteiger partial charge in [0.2, 0.25) is 0 Å². The van der Waals surface area contributed by atoms with Crippen molar-refractivity contribution in [1.82, 2.24) is 0 Å².